The molecule has 0 saturated heterocycles. The van der Waals surface area contributed by atoms with Crippen molar-refractivity contribution in [2.24, 2.45) is 5.92 Å². The molecule has 1 aliphatic rings. The van der Waals surface area contributed by atoms with Gasteiger partial charge in [0.15, 0.2) is 4.33 Å². The van der Waals surface area contributed by atoms with E-state index in [4.69, 9.17) is 27.9 Å². The Morgan fingerprint density at radius 3 is 2.36 bits per heavy atom. The third-order valence-electron chi connectivity index (χ3n) is 2.23. The zero-order valence-corrected chi connectivity index (χ0v) is 9.56. The van der Waals surface area contributed by atoms with Crippen LogP contribution in [0, 0.1) is 5.92 Å². The summed E-state index contributed by atoms with van der Waals surface area (Å²) >= 11 is 11.8. The van der Waals surface area contributed by atoms with Gasteiger partial charge in [-0.25, -0.2) is 0 Å². The Labute approximate surface area is 92.7 Å². The van der Waals surface area contributed by atoms with Crippen molar-refractivity contribution in [2.75, 3.05) is 0 Å². The van der Waals surface area contributed by atoms with Crippen molar-refractivity contribution in [2.45, 2.75) is 37.1 Å². The van der Waals surface area contributed by atoms with E-state index in [0.29, 0.717) is 12.8 Å². The van der Waals surface area contributed by atoms with E-state index in [1.165, 1.54) is 13.8 Å². The average Bonchev–Trinajstić information content (AvgIpc) is 2.48. The van der Waals surface area contributed by atoms with Crippen LogP contribution in [0.1, 0.15) is 26.7 Å². The Hall–Kier alpha value is -0.280. The van der Waals surface area contributed by atoms with Gasteiger partial charge in [-0.3, -0.25) is 4.79 Å². The summed E-state index contributed by atoms with van der Waals surface area (Å²) in [4.78, 5) is 21.4. The summed E-state index contributed by atoms with van der Waals surface area (Å²) in [5, 5.41) is 0. The molecule has 1 fully saturated rings. The second-order valence-corrected chi connectivity index (χ2v) is 5.00. The van der Waals surface area contributed by atoms with Crippen LogP contribution in [0.3, 0.4) is 0 Å². The van der Waals surface area contributed by atoms with Gasteiger partial charge in [0.25, 0.3) is 0 Å². The molecule has 1 rings (SSSR count). The molecule has 5 heteroatoms. The zero-order chi connectivity index (χ0) is 10.9. The Balaban J connectivity index is 2.40. The molecule has 0 N–H and O–H groups in total. The highest BCUT2D eigenvalue weighted by atomic mass is 35.5. The summed E-state index contributed by atoms with van der Waals surface area (Å²) in [6.07, 6.45) is 0.534. The van der Waals surface area contributed by atoms with Crippen molar-refractivity contribution in [3.63, 3.8) is 0 Å². The number of hydrogen-bond donors (Lipinski definition) is 0. The lowest BCUT2D eigenvalue weighted by atomic mass is 10.2. The molecule has 0 aromatic heterocycles. The molecule has 2 unspecified atom stereocenters. The third-order valence-corrected chi connectivity index (χ3v) is 3.22. The molecule has 14 heavy (non-hydrogen) atoms. The lowest BCUT2D eigenvalue weighted by Crippen LogP contribution is -2.06. The van der Waals surface area contributed by atoms with Crippen molar-refractivity contribution in [1.29, 1.82) is 0 Å². The molecule has 0 heterocycles. The quantitative estimate of drug-likeness (QED) is 0.557. The number of halogens is 2. The zero-order valence-electron chi connectivity index (χ0n) is 8.05. The third kappa shape index (κ3) is 2.61. The van der Waals surface area contributed by atoms with Gasteiger partial charge in [0, 0.05) is 19.3 Å². The van der Waals surface area contributed by atoms with E-state index < -0.39 is 16.4 Å². The first kappa shape index (κ1) is 11.8. The maximum atomic E-state index is 10.7. The first-order valence-electron chi connectivity index (χ1n) is 4.40. The largest absolute Gasteiger partial charge is 0.459 e. The molecule has 0 radical (unpaired) electrons. The van der Waals surface area contributed by atoms with Gasteiger partial charge in [0.2, 0.25) is 0 Å². The molecule has 1 saturated carbocycles. The van der Waals surface area contributed by atoms with Crippen molar-refractivity contribution in [1.82, 2.24) is 0 Å². The molecule has 0 aromatic carbocycles. The summed E-state index contributed by atoms with van der Waals surface area (Å²) in [5.74, 6) is -0.424. The molecule has 0 aromatic rings. The van der Waals surface area contributed by atoms with Crippen LogP contribution in [0.15, 0.2) is 0 Å². The van der Waals surface area contributed by atoms with Crippen LogP contribution in [0.25, 0.3) is 0 Å². The lowest BCUT2D eigenvalue weighted by Gasteiger charge is -1.98. The normalized spacial score (nSPS) is 28.3. The predicted octanol–water partition coefficient (Wildman–Crippen LogP) is 2.09. The summed E-state index contributed by atoms with van der Waals surface area (Å²) in [5.41, 5.74) is 0. The first-order chi connectivity index (χ1) is 6.35. The Morgan fingerprint density at radius 1 is 1.36 bits per heavy atom. The fraction of sp³-hybridized carbons (Fsp3) is 0.778. The van der Waals surface area contributed by atoms with Crippen molar-refractivity contribution >= 4 is 35.0 Å². The van der Waals surface area contributed by atoms with Crippen LogP contribution >= 0.6 is 23.2 Å². The number of rotatable bonds is 4. The Kier molecular flexibility index (Phi) is 3.43. The minimum atomic E-state index is -0.999. The molecule has 0 aliphatic heterocycles. The SMILES string of the molecule is CC(=O)CCC1C(OC(C)=O)C1(Cl)Cl. The van der Waals surface area contributed by atoms with Gasteiger partial charge in [-0.15, -0.1) is 0 Å². The Bertz CT molecular complexity index is 263. The van der Waals surface area contributed by atoms with E-state index in [-0.39, 0.29) is 11.7 Å². The maximum Gasteiger partial charge on any atom is 0.303 e. The van der Waals surface area contributed by atoms with Crippen LogP contribution in [0.2, 0.25) is 0 Å². The van der Waals surface area contributed by atoms with Gasteiger partial charge in [-0.2, -0.15) is 0 Å². The molecule has 80 valence electrons. The maximum absolute atomic E-state index is 10.7. The Morgan fingerprint density at radius 2 is 1.93 bits per heavy atom. The molecule has 1 aliphatic carbocycles. The second kappa shape index (κ2) is 4.07. The van der Waals surface area contributed by atoms with Crippen LogP contribution in [-0.4, -0.2) is 22.2 Å². The molecule has 2 atom stereocenters. The van der Waals surface area contributed by atoms with E-state index in [1.54, 1.807) is 0 Å². The summed E-state index contributed by atoms with van der Waals surface area (Å²) in [6.45, 7) is 2.82. The number of esters is 1. The van der Waals surface area contributed by atoms with E-state index in [1.807, 2.05) is 0 Å². The van der Waals surface area contributed by atoms with E-state index in [0.717, 1.165) is 0 Å². The minimum Gasteiger partial charge on any atom is -0.459 e. The van der Waals surface area contributed by atoms with Gasteiger partial charge in [0.1, 0.15) is 11.9 Å². The highest BCUT2D eigenvalue weighted by Crippen LogP contribution is 2.57. The first-order valence-corrected chi connectivity index (χ1v) is 5.15. The monoisotopic (exact) mass is 238 g/mol. The number of ether oxygens (including phenoxy) is 1. The van der Waals surface area contributed by atoms with Gasteiger partial charge < -0.3 is 9.53 Å². The van der Waals surface area contributed by atoms with Crippen molar-refractivity contribution in [3.05, 3.63) is 0 Å². The molecule has 3 nitrogen and oxygen atoms in total. The fourth-order valence-electron chi connectivity index (χ4n) is 1.40. The summed E-state index contributed by atoms with van der Waals surface area (Å²) in [7, 11) is 0. The number of ketones is 1. The molecular weight excluding hydrogens is 227 g/mol. The predicted molar refractivity (Wildman–Crippen MR) is 53.4 cm³/mol. The highest BCUT2D eigenvalue weighted by Gasteiger charge is 2.65. The van der Waals surface area contributed by atoms with Crippen LogP contribution in [-0.2, 0) is 14.3 Å². The highest BCUT2D eigenvalue weighted by molar-refractivity contribution is 6.51. The molecule has 0 bridgehead atoms. The van der Waals surface area contributed by atoms with Gasteiger partial charge in [-0.05, 0) is 13.3 Å². The lowest BCUT2D eigenvalue weighted by molar-refractivity contribution is -0.142. The number of alkyl halides is 2. The molecular formula is C9H12Cl2O3. The second-order valence-electron chi connectivity index (χ2n) is 3.55. The van der Waals surface area contributed by atoms with Crippen LogP contribution in [0.5, 0.6) is 0 Å². The number of Topliss-reactive ketones (excluding diaryl/α,β-unsaturated/α-hetero) is 1. The van der Waals surface area contributed by atoms with E-state index in [2.05, 4.69) is 0 Å². The van der Waals surface area contributed by atoms with E-state index >= 15 is 0 Å². The number of carbonyl (C=O) groups excluding carboxylic acids is 2. The average molecular weight is 239 g/mol. The summed E-state index contributed by atoms with van der Waals surface area (Å²) < 4.78 is 3.91. The number of carbonyl (C=O) groups is 2. The minimum absolute atomic E-state index is 0.0857. The molecule has 0 amide bonds. The van der Waals surface area contributed by atoms with E-state index in [9.17, 15) is 9.59 Å². The topological polar surface area (TPSA) is 43.4 Å². The number of hydrogen-bond acceptors (Lipinski definition) is 3. The fourth-order valence-corrected chi connectivity index (χ4v) is 2.12. The smallest absolute Gasteiger partial charge is 0.303 e. The summed E-state index contributed by atoms with van der Waals surface area (Å²) in [6, 6.07) is 0. The van der Waals surface area contributed by atoms with Crippen LogP contribution in [0.4, 0.5) is 0 Å². The van der Waals surface area contributed by atoms with Crippen LogP contribution < -0.4 is 0 Å². The van der Waals surface area contributed by atoms with Gasteiger partial charge >= 0.3 is 5.97 Å². The van der Waals surface area contributed by atoms with Gasteiger partial charge in [0.05, 0.1) is 0 Å². The van der Waals surface area contributed by atoms with Gasteiger partial charge in [-0.1, -0.05) is 23.2 Å². The van der Waals surface area contributed by atoms with Crippen molar-refractivity contribution in [3.8, 4) is 0 Å². The standard InChI is InChI=1S/C9H12Cl2O3/c1-5(12)3-4-7-8(9(7,10)11)14-6(2)13/h7-8H,3-4H2,1-2H3. The van der Waals surface area contributed by atoms with Crippen molar-refractivity contribution < 1.29 is 14.3 Å². The molecule has 0 spiro atoms.